The molecule has 0 amide bonds. The van der Waals surface area contributed by atoms with Crippen LogP contribution in [0.3, 0.4) is 0 Å². The van der Waals surface area contributed by atoms with Crippen molar-refractivity contribution in [2.75, 3.05) is 13.2 Å². The molecule has 0 spiro atoms. The Labute approximate surface area is 321 Å². The molecule has 1 aromatic carbocycles. The highest BCUT2D eigenvalue weighted by molar-refractivity contribution is 7.86. The number of esters is 2. The van der Waals surface area contributed by atoms with E-state index in [0.717, 1.165) is 32.1 Å². The van der Waals surface area contributed by atoms with Crippen LogP contribution in [0, 0.1) is 11.8 Å². The maximum Gasteiger partial charge on any atom is 0.308 e. The van der Waals surface area contributed by atoms with Crippen molar-refractivity contribution in [3.05, 3.63) is 29.8 Å². The monoisotopic (exact) mass is 759 g/mol. The van der Waals surface area contributed by atoms with Crippen molar-refractivity contribution in [1.82, 2.24) is 0 Å². The van der Waals surface area contributed by atoms with Gasteiger partial charge in [-0.25, -0.2) is 0 Å². The van der Waals surface area contributed by atoms with Crippen LogP contribution in [0.4, 0.5) is 0 Å². The molecule has 4 atom stereocenters. The van der Waals surface area contributed by atoms with Crippen LogP contribution < -0.4 is 0 Å². The smallest absolute Gasteiger partial charge is 0.308 e. The van der Waals surface area contributed by atoms with Gasteiger partial charge < -0.3 is 14.6 Å². The number of rotatable bonds is 25. The van der Waals surface area contributed by atoms with Crippen molar-refractivity contribution >= 4 is 22.1 Å². The van der Waals surface area contributed by atoms with E-state index in [0.29, 0.717) is 31.3 Å². The lowest BCUT2D eigenvalue weighted by atomic mass is 9.99. The van der Waals surface area contributed by atoms with Crippen LogP contribution >= 0.6 is 0 Å². The largest absolute Gasteiger partial charge is 0.508 e. The summed E-state index contributed by atoms with van der Waals surface area (Å²) in [7, 11) is -3.75. The number of benzene rings is 1. The van der Waals surface area contributed by atoms with Gasteiger partial charge in [0.15, 0.2) is 0 Å². The van der Waals surface area contributed by atoms with E-state index in [1.54, 1.807) is 19.1 Å². The Balaban J connectivity index is -0.000000638. The standard InChI is InChI=1S/C15H30O2.C14H28O2.C10H14O.C4H10O3S/c1-4-6-7-8-9-10-11-12-13-17-15(16)14(3)5-2;1-4-6-7-8-9-10-11-12-16-14(15)13(3)5-2;1-3-8(2)9-4-6-10(11)7-5-9;1-3-4(2)8(5,6)7/h14H,4-13H2,1-3H3;13H,4-12H2,1-3H3;4-8,11H,3H2,1-2H3;4H,3H2,1-2H3,(H,5,6,7). The number of hydrogen-bond acceptors (Lipinski definition) is 7. The molecule has 0 aliphatic carbocycles. The first-order valence-corrected chi connectivity index (χ1v) is 22.2. The molecule has 52 heavy (non-hydrogen) atoms. The fourth-order valence-electron chi connectivity index (χ4n) is 4.51. The highest BCUT2D eigenvalue weighted by Gasteiger charge is 2.13. The van der Waals surface area contributed by atoms with Gasteiger partial charge in [-0.2, -0.15) is 8.42 Å². The van der Waals surface area contributed by atoms with E-state index >= 15 is 0 Å². The molecule has 1 aromatic rings. The van der Waals surface area contributed by atoms with Gasteiger partial charge in [0.2, 0.25) is 0 Å². The number of carbonyl (C=O) groups excluding carboxylic acids is 2. The zero-order chi connectivity index (χ0) is 40.2. The summed E-state index contributed by atoms with van der Waals surface area (Å²) in [5, 5.41) is 8.39. The molecule has 1 rings (SSSR count). The molecule has 0 aromatic heterocycles. The topological polar surface area (TPSA) is 127 Å². The molecule has 0 aliphatic rings. The molecule has 308 valence electrons. The van der Waals surface area contributed by atoms with E-state index in [9.17, 15) is 18.0 Å². The van der Waals surface area contributed by atoms with E-state index in [4.69, 9.17) is 19.1 Å². The Morgan fingerprint density at radius 3 is 1.17 bits per heavy atom. The molecule has 0 heterocycles. The second-order valence-corrected chi connectivity index (χ2v) is 16.0. The Kier molecular flexibility index (Phi) is 38.8. The first kappa shape index (κ1) is 54.2. The third-order valence-corrected chi connectivity index (χ3v) is 10.8. The fraction of sp³-hybridized carbons (Fsp3) is 0.814. The molecule has 0 fully saturated rings. The number of hydrogen-bond donors (Lipinski definition) is 2. The predicted molar refractivity (Wildman–Crippen MR) is 220 cm³/mol. The minimum Gasteiger partial charge on any atom is -0.508 e. The van der Waals surface area contributed by atoms with E-state index in [1.807, 2.05) is 39.8 Å². The first-order valence-electron chi connectivity index (χ1n) is 20.7. The quantitative estimate of drug-likeness (QED) is 0.0573. The van der Waals surface area contributed by atoms with Crippen molar-refractivity contribution in [3.63, 3.8) is 0 Å². The van der Waals surface area contributed by atoms with E-state index in [-0.39, 0.29) is 23.8 Å². The molecule has 0 radical (unpaired) electrons. The Bertz CT molecular complexity index is 1040. The van der Waals surface area contributed by atoms with Crippen LogP contribution in [0.5, 0.6) is 5.75 Å². The van der Waals surface area contributed by atoms with E-state index in [1.165, 1.54) is 96.0 Å². The maximum absolute atomic E-state index is 11.4. The third kappa shape index (κ3) is 34.9. The predicted octanol–water partition coefficient (Wildman–Crippen LogP) is 12.6. The van der Waals surface area contributed by atoms with Gasteiger partial charge in [-0.1, -0.05) is 158 Å². The zero-order valence-electron chi connectivity index (χ0n) is 35.2. The normalized spacial score (nSPS) is 13.1. The summed E-state index contributed by atoms with van der Waals surface area (Å²) in [4.78, 5) is 22.7. The number of ether oxygens (including phenoxy) is 2. The number of aromatic hydroxyl groups is 1. The van der Waals surface area contributed by atoms with Crippen molar-refractivity contribution < 1.29 is 37.1 Å². The van der Waals surface area contributed by atoms with Gasteiger partial charge in [0.1, 0.15) is 5.75 Å². The van der Waals surface area contributed by atoms with Crippen molar-refractivity contribution in [2.24, 2.45) is 11.8 Å². The molecule has 0 saturated carbocycles. The van der Waals surface area contributed by atoms with Gasteiger partial charge in [0.25, 0.3) is 10.1 Å². The van der Waals surface area contributed by atoms with Crippen LogP contribution in [-0.2, 0) is 29.2 Å². The van der Waals surface area contributed by atoms with Gasteiger partial charge in [0, 0.05) is 0 Å². The molecule has 0 saturated heterocycles. The maximum atomic E-state index is 11.4. The van der Waals surface area contributed by atoms with Crippen LogP contribution in [0.2, 0.25) is 0 Å². The molecule has 2 N–H and O–H groups in total. The summed E-state index contributed by atoms with van der Waals surface area (Å²) in [6.07, 6.45) is 22.4. The van der Waals surface area contributed by atoms with Crippen molar-refractivity contribution in [1.29, 1.82) is 0 Å². The average molecular weight is 759 g/mol. The summed E-state index contributed by atoms with van der Waals surface area (Å²) >= 11 is 0. The summed E-state index contributed by atoms with van der Waals surface area (Å²) in [6.45, 7) is 21.1. The number of phenols is 1. The van der Waals surface area contributed by atoms with Gasteiger partial charge in [-0.05, 0) is 69.1 Å². The highest BCUT2D eigenvalue weighted by Crippen LogP contribution is 2.20. The highest BCUT2D eigenvalue weighted by atomic mass is 32.2. The van der Waals surface area contributed by atoms with Crippen LogP contribution in [0.25, 0.3) is 0 Å². The van der Waals surface area contributed by atoms with E-state index in [2.05, 4.69) is 27.7 Å². The van der Waals surface area contributed by atoms with Gasteiger partial charge in [0.05, 0.1) is 30.3 Å². The molecule has 4 unspecified atom stereocenters. The number of carbonyl (C=O) groups is 2. The Hall–Kier alpha value is -2.13. The molecule has 8 nitrogen and oxygen atoms in total. The Morgan fingerprint density at radius 1 is 0.558 bits per heavy atom. The van der Waals surface area contributed by atoms with Crippen LogP contribution in [-0.4, -0.2) is 48.5 Å². The first-order chi connectivity index (χ1) is 24.7. The third-order valence-electron chi connectivity index (χ3n) is 9.42. The minimum atomic E-state index is -3.75. The molecule has 0 aliphatic heterocycles. The van der Waals surface area contributed by atoms with Crippen LogP contribution in [0.1, 0.15) is 203 Å². The van der Waals surface area contributed by atoms with Gasteiger partial charge in [-0.3, -0.25) is 14.1 Å². The van der Waals surface area contributed by atoms with Crippen molar-refractivity contribution in [3.8, 4) is 5.75 Å². The lowest BCUT2D eigenvalue weighted by molar-refractivity contribution is -0.149. The van der Waals surface area contributed by atoms with Gasteiger partial charge >= 0.3 is 11.9 Å². The number of unbranched alkanes of at least 4 members (excludes halogenated alkanes) is 13. The van der Waals surface area contributed by atoms with Crippen LogP contribution in [0.15, 0.2) is 24.3 Å². The second kappa shape index (κ2) is 37.2. The molecule has 0 bridgehead atoms. The number of phenolic OH excluding ortho intramolecular Hbond substituents is 1. The second-order valence-electron chi connectivity index (χ2n) is 14.2. The SMILES string of the molecule is CCC(C)S(=O)(=O)O.CCC(C)c1ccc(O)cc1.CCCCCCCCCCOC(=O)C(C)CC.CCCCCCCCCOC(=O)C(C)CC. The van der Waals surface area contributed by atoms with E-state index < -0.39 is 15.4 Å². The Morgan fingerprint density at radius 2 is 0.904 bits per heavy atom. The van der Waals surface area contributed by atoms with Crippen molar-refractivity contribution in [2.45, 2.75) is 202 Å². The lowest BCUT2D eigenvalue weighted by Crippen LogP contribution is -2.14. The molecular weight excluding hydrogens is 677 g/mol. The zero-order valence-corrected chi connectivity index (χ0v) is 36.0. The summed E-state index contributed by atoms with van der Waals surface area (Å²) < 4.78 is 38.9. The summed E-state index contributed by atoms with van der Waals surface area (Å²) in [6, 6.07) is 7.43. The lowest BCUT2D eigenvalue weighted by Gasteiger charge is -2.08. The minimum absolute atomic E-state index is 0.0320. The molecule has 9 heteroatoms. The fourth-order valence-corrected chi connectivity index (χ4v) is 4.93. The average Bonchev–Trinajstić information content (AvgIpc) is 3.14. The molecular formula is C43H82O8S. The van der Waals surface area contributed by atoms with Gasteiger partial charge in [-0.15, -0.1) is 0 Å². The summed E-state index contributed by atoms with van der Waals surface area (Å²) in [5.74, 6) is 0.991. The summed E-state index contributed by atoms with van der Waals surface area (Å²) in [5.41, 5.74) is 1.30.